The summed E-state index contributed by atoms with van der Waals surface area (Å²) in [6.45, 7) is 0.851. The fourth-order valence-electron chi connectivity index (χ4n) is 3.04. The maximum atomic E-state index is 11.6. The SMILES string of the molecule is COc1ccc(Cn2ccnc2)cc1.O=C(Nc1cc2cc(Cl)nc(Cl)c2cn1)C1CC1. The fraction of sp³-hybridized carbons (Fsp3) is 0.217. The average molecular weight is 470 g/mol. The van der Waals surface area contributed by atoms with E-state index in [1.54, 1.807) is 31.6 Å². The first-order valence-electron chi connectivity index (χ1n) is 10.0. The van der Waals surface area contributed by atoms with Crippen LogP contribution in [0.2, 0.25) is 10.3 Å². The summed E-state index contributed by atoms with van der Waals surface area (Å²) in [5.41, 5.74) is 1.24. The van der Waals surface area contributed by atoms with Gasteiger partial charge >= 0.3 is 0 Å². The van der Waals surface area contributed by atoms with Crippen LogP contribution >= 0.6 is 23.2 Å². The largest absolute Gasteiger partial charge is 0.497 e. The van der Waals surface area contributed by atoms with Gasteiger partial charge in [-0.1, -0.05) is 35.3 Å². The Balaban J connectivity index is 0.000000158. The highest BCUT2D eigenvalue weighted by Gasteiger charge is 2.29. The lowest BCUT2D eigenvalue weighted by molar-refractivity contribution is -0.117. The topological polar surface area (TPSA) is 81.9 Å². The van der Waals surface area contributed by atoms with Crippen molar-refractivity contribution in [1.82, 2.24) is 19.5 Å². The first kappa shape index (κ1) is 22.0. The average Bonchev–Trinajstić information content (AvgIpc) is 3.52. The molecule has 0 spiro atoms. The minimum Gasteiger partial charge on any atom is -0.497 e. The molecule has 3 heterocycles. The molecule has 1 amide bonds. The normalized spacial score (nSPS) is 12.7. The number of anilines is 1. The maximum Gasteiger partial charge on any atom is 0.228 e. The van der Waals surface area contributed by atoms with E-state index in [0.717, 1.165) is 30.5 Å². The summed E-state index contributed by atoms with van der Waals surface area (Å²) in [6, 6.07) is 11.5. The molecule has 1 saturated carbocycles. The zero-order chi connectivity index (χ0) is 22.5. The third kappa shape index (κ3) is 5.75. The van der Waals surface area contributed by atoms with Gasteiger partial charge in [0.1, 0.15) is 21.9 Å². The van der Waals surface area contributed by atoms with E-state index in [9.17, 15) is 4.79 Å². The molecule has 1 aromatic carbocycles. The quantitative estimate of drug-likeness (QED) is 0.404. The Morgan fingerprint density at radius 1 is 1.22 bits per heavy atom. The number of fused-ring (bicyclic) bond motifs is 1. The van der Waals surface area contributed by atoms with Crippen LogP contribution in [0, 0.1) is 5.92 Å². The van der Waals surface area contributed by atoms with Crippen molar-refractivity contribution in [2.75, 3.05) is 12.4 Å². The molecule has 9 heteroatoms. The van der Waals surface area contributed by atoms with Crippen LogP contribution in [0.15, 0.2) is 61.3 Å². The highest BCUT2D eigenvalue weighted by Crippen LogP contribution is 2.31. The van der Waals surface area contributed by atoms with Crippen LogP contribution < -0.4 is 10.1 Å². The second-order valence-electron chi connectivity index (χ2n) is 7.37. The standard InChI is InChI=1S/C12H9Cl2N3O.C11H12N2O/c13-9-3-7-4-10(17-12(18)6-1-2-6)15-5-8(7)11(14)16-9;1-14-11-4-2-10(3-5-11)8-13-7-6-12-9-13/h3-6H,1-2H2,(H,15,17,18);2-7,9H,8H2,1H3. The monoisotopic (exact) mass is 469 g/mol. The summed E-state index contributed by atoms with van der Waals surface area (Å²) < 4.78 is 7.11. The van der Waals surface area contributed by atoms with Crippen LogP contribution in [-0.2, 0) is 11.3 Å². The molecule has 1 aliphatic rings. The lowest BCUT2D eigenvalue weighted by atomic mass is 10.2. The van der Waals surface area contributed by atoms with Gasteiger partial charge in [-0.05, 0) is 48.1 Å². The molecule has 1 aliphatic carbocycles. The molecule has 164 valence electrons. The maximum absolute atomic E-state index is 11.6. The lowest BCUT2D eigenvalue weighted by Gasteiger charge is -2.05. The number of hydrogen-bond donors (Lipinski definition) is 1. The zero-order valence-electron chi connectivity index (χ0n) is 17.3. The second-order valence-corrected chi connectivity index (χ2v) is 8.12. The highest BCUT2D eigenvalue weighted by molar-refractivity contribution is 6.36. The summed E-state index contributed by atoms with van der Waals surface area (Å²) >= 11 is 11.8. The van der Waals surface area contributed by atoms with E-state index in [2.05, 4.69) is 32.4 Å². The van der Waals surface area contributed by atoms with Crippen molar-refractivity contribution in [3.8, 4) is 5.75 Å². The number of rotatable bonds is 5. The molecule has 0 aliphatic heterocycles. The van der Waals surface area contributed by atoms with E-state index >= 15 is 0 Å². The molecule has 1 fully saturated rings. The number of carbonyl (C=O) groups is 1. The highest BCUT2D eigenvalue weighted by atomic mass is 35.5. The van der Waals surface area contributed by atoms with Gasteiger partial charge < -0.3 is 14.6 Å². The van der Waals surface area contributed by atoms with Gasteiger partial charge in [0.2, 0.25) is 5.91 Å². The number of amides is 1. The van der Waals surface area contributed by atoms with Gasteiger partial charge in [0.25, 0.3) is 0 Å². The van der Waals surface area contributed by atoms with Gasteiger partial charge in [-0.2, -0.15) is 0 Å². The van der Waals surface area contributed by atoms with E-state index in [1.807, 2.05) is 29.2 Å². The van der Waals surface area contributed by atoms with Gasteiger partial charge in [-0.25, -0.2) is 15.0 Å². The first-order valence-corrected chi connectivity index (χ1v) is 10.8. The van der Waals surface area contributed by atoms with Gasteiger partial charge in [0.15, 0.2) is 0 Å². The van der Waals surface area contributed by atoms with Crippen molar-refractivity contribution in [1.29, 1.82) is 0 Å². The summed E-state index contributed by atoms with van der Waals surface area (Å²) in [5, 5.41) is 4.93. The van der Waals surface area contributed by atoms with Crippen LogP contribution in [0.25, 0.3) is 10.8 Å². The zero-order valence-corrected chi connectivity index (χ0v) is 18.8. The fourth-order valence-corrected chi connectivity index (χ4v) is 3.54. The lowest BCUT2D eigenvalue weighted by Crippen LogP contribution is -2.14. The van der Waals surface area contributed by atoms with Gasteiger partial charge in [0, 0.05) is 36.4 Å². The molecule has 0 saturated heterocycles. The van der Waals surface area contributed by atoms with Crippen LogP contribution in [0.1, 0.15) is 18.4 Å². The Kier molecular flexibility index (Phi) is 6.87. The molecular weight excluding hydrogens is 449 g/mol. The van der Waals surface area contributed by atoms with Crippen molar-refractivity contribution in [3.05, 3.63) is 77.2 Å². The van der Waals surface area contributed by atoms with Crippen LogP contribution in [0.5, 0.6) is 5.75 Å². The molecule has 0 radical (unpaired) electrons. The number of nitrogens with one attached hydrogen (secondary N) is 1. The van der Waals surface area contributed by atoms with Crippen molar-refractivity contribution < 1.29 is 9.53 Å². The number of halogens is 2. The minimum absolute atomic E-state index is 0.0214. The van der Waals surface area contributed by atoms with Crippen molar-refractivity contribution >= 4 is 45.7 Å². The molecule has 0 bridgehead atoms. The number of carbonyl (C=O) groups excluding carboxylic acids is 1. The van der Waals surface area contributed by atoms with E-state index in [-0.39, 0.29) is 11.8 Å². The second kappa shape index (κ2) is 9.97. The summed E-state index contributed by atoms with van der Waals surface area (Å²) in [7, 11) is 1.67. The Morgan fingerprint density at radius 2 is 2.00 bits per heavy atom. The number of nitrogens with zero attached hydrogens (tertiary/aromatic N) is 4. The van der Waals surface area contributed by atoms with Crippen molar-refractivity contribution in [2.24, 2.45) is 5.92 Å². The van der Waals surface area contributed by atoms with E-state index < -0.39 is 0 Å². The molecule has 1 N–H and O–H groups in total. The van der Waals surface area contributed by atoms with Crippen LogP contribution in [0.4, 0.5) is 5.82 Å². The predicted molar refractivity (Wildman–Crippen MR) is 125 cm³/mol. The van der Waals surface area contributed by atoms with Crippen LogP contribution in [0.3, 0.4) is 0 Å². The molecule has 3 aromatic heterocycles. The third-order valence-corrected chi connectivity index (χ3v) is 5.40. The third-order valence-electron chi connectivity index (χ3n) is 4.92. The number of hydrogen-bond acceptors (Lipinski definition) is 5. The van der Waals surface area contributed by atoms with Gasteiger partial charge in [-0.15, -0.1) is 0 Å². The molecule has 0 unspecified atom stereocenters. The summed E-state index contributed by atoms with van der Waals surface area (Å²) in [6.07, 6.45) is 9.05. The Bertz CT molecular complexity index is 1210. The van der Waals surface area contributed by atoms with Crippen molar-refractivity contribution in [3.63, 3.8) is 0 Å². The first-order chi connectivity index (χ1) is 15.5. The summed E-state index contributed by atoms with van der Waals surface area (Å²) in [4.78, 5) is 23.7. The molecule has 4 aromatic rings. The molecule has 5 rings (SSSR count). The number of benzene rings is 1. The molecule has 0 atom stereocenters. The number of methoxy groups -OCH3 is 1. The Hall–Kier alpha value is -3.16. The smallest absolute Gasteiger partial charge is 0.228 e. The molecule has 7 nitrogen and oxygen atoms in total. The van der Waals surface area contributed by atoms with Crippen molar-refractivity contribution in [2.45, 2.75) is 19.4 Å². The van der Waals surface area contributed by atoms with E-state index in [0.29, 0.717) is 21.5 Å². The van der Waals surface area contributed by atoms with Gasteiger partial charge in [0.05, 0.1) is 13.4 Å². The minimum atomic E-state index is 0.0214. The van der Waals surface area contributed by atoms with E-state index in [4.69, 9.17) is 27.9 Å². The Morgan fingerprint density at radius 3 is 2.66 bits per heavy atom. The predicted octanol–water partition coefficient (Wildman–Crippen LogP) is 5.23. The number of aromatic nitrogens is 4. The van der Waals surface area contributed by atoms with Gasteiger partial charge in [-0.3, -0.25) is 4.79 Å². The Labute approximate surface area is 195 Å². The molecule has 32 heavy (non-hydrogen) atoms. The number of pyridine rings is 2. The summed E-state index contributed by atoms with van der Waals surface area (Å²) in [5.74, 6) is 1.57. The number of ether oxygens (including phenoxy) is 1. The molecular formula is C23H21Cl2N5O2. The van der Waals surface area contributed by atoms with Crippen LogP contribution in [-0.4, -0.2) is 32.5 Å². The van der Waals surface area contributed by atoms with E-state index in [1.165, 1.54) is 5.56 Å². The number of imidazole rings is 1.